The van der Waals surface area contributed by atoms with Gasteiger partial charge in [-0.1, -0.05) is 37.3 Å². The highest BCUT2D eigenvalue weighted by Crippen LogP contribution is 2.40. The van der Waals surface area contributed by atoms with E-state index in [4.69, 9.17) is 5.73 Å². The molecular formula is C23H22F4N2O. The Morgan fingerprint density at radius 3 is 2.40 bits per heavy atom. The summed E-state index contributed by atoms with van der Waals surface area (Å²) in [6.07, 6.45) is -5.34. The molecule has 0 saturated heterocycles. The summed E-state index contributed by atoms with van der Waals surface area (Å²) in [5.74, 6) is 5.26. The summed E-state index contributed by atoms with van der Waals surface area (Å²) in [7, 11) is 0. The van der Waals surface area contributed by atoms with Gasteiger partial charge in [0, 0.05) is 23.1 Å². The Morgan fingerprint density at radius 2 is 1.77 bits per heavy atom. The average Bonchev–Trinajstić information content (AvgIpc) is 2.67. The third-order valence-corrected chi connectivity index (χ3v) is 4.96. The zero-order valence-electron chi connectivity index (χ0n) is 16.7. The van der Waals surface area contributed by atoms with E-state index in [0.717, 1.165) is 18.4 Å². The number of alkyl halides is 3. The minimum absolute atomic E-state index is 0.00639. The third kappa shape index (κ3) is 4.93. The lowest BCUT2D eigenvalue weighted by atomic mass is 9.84. The normalized spacial score (nSPS) is 21.3. The Morgan fingerprint density at radius 1 is 1.13 bits per heavy atom. The predicted molar refractivity (Wildman–Crippen MR) is 107 cm³/mol. The Balaban J connectivity index is 1.91. The fourth-order valence-electron chi connectivity index (χ4n) is 3.42. The molecule has 1 aliphatic heterocycles. The second kappa shape index (κ2) is 8.39. The summed E-state index contributed by atoms with van der Waals surface area (Å²) >= 11 is 0. The van der Waals surface area contributed by atoms with Crippen LogP contribution in [-0.2, 0) is 16.7 Å². The number of aliphatic imine (C=N–C) groups is 1. The van der Waals surface area contributed by atoms with Gasteiger partial charge >= 0.3 is 6.18 Å². The molecule has 1 aliphatic rings. The van der Waals surface area contributed by atoms with Crippen molar-refractivity contribution in [1.29, 1.82) is 0 Å². The van der Waals surface area contributed by atoms with Gasteiger partial charge in [-0.3, -0.25) is 0 Å². The number of halogens is 4. The van der Waals surface area contributed by atoms with E-state index in [9.17, 15) is 17.6 Å². The topological polar surface area (TPSA) is 47.6 Å². The first-order valence-corrected chi connectivity index (χ1v) is 9.60. The molecule has 0 radical (unpaired) electrons. The molecule has 0 fully saturated rings. The van der Waals surface area contributed by atoms with Gasteiger partial charge in [0.15, 0.2) is 6.10 Å². The molecule has 158 valence electrons. The summed E-state index contributed by atoms with van der Waals surface area (Å²) in [5, 5.41) is 0. The van der Waals surface area contributed by atoms with Crippen molar-refractivity contribution in [3.05, 3.63) is 70.5 Å². The molecular weight excluding hydrogens is 396 g/mol. The van der Waals surface area contributed by atoms with Crippen molar-refractivity contribution in [3.63, 3.8) is 0 Å². The first-order valence-electron chi connectivity index (χ1n) is 9.60. The molecule has 7 heteroatoms. The fraction of sp³-hybridized carbons (Fsp3) is 0.348. The quantitative estimate of drug-likeness (QED) is 0.560. The molecule has 0 amide bonds. The number of ether oxygens (including phenoxy) is 1. The highest BCUT2D eigenvalue weighted by atomic mass is 19.4. The molecule has 0 spiro atoms. The van der Waals surface area contributed by atoms with E-state index in [0.29, 0.717) is 5.56 Å². The fourth-order valence-corrected chi connectivity index (χ4v) is 3.42. The van der Waals surface area contributed by atoms with Crippen molar-refractivity contribution in [2.24, 2.45) is 10.7 Å². The number of nitrogens with zero attached hydrogens (tertiary/aromatic N) is 1. The second-order valence-electron chi connectivity index (χ2n) is 7.47. The third-order valence-electron chi connectivity index (χ3n) is 4.96. The number of nitrogens with two attached hydrogens (primary N) is 1. The molecule has 2 atom stereocenters. The SMILES string of the molecule is CCCc1ccc(C#Cc2ccc(F)c([C@]3(C)C[C@@H](C(F)(F)F)OC(N)=N3)c2)cc1. The number of hydrogen-bond donors (Lipinski definition) is 1. The Hall–Kier alpha value is -3.01. The number of hydrogen-bond acceptors (Lipinski definition) is 3. The lowest BCUT2D eigenvalue weighted by Gasteiger charge is -2.35. The Kier molecular flexibility index (Phi) is 6.06. The molecule has 2 N–H and O–H groups in total. The van der Waals surface area contributed by atoms with Crippen LogP contribution in [0.2, 0.25) is 0 Å². The van der Waals surface area contributed by atoms with Crippen LogP contribution in [0.4, 0.5) is 17.6 Å². The van der Waals surface area contributed by atoms with Crippen LogP contribution in [-0.4, -0.2) is 18.3 Å². The van der Waals surface area contributed by atoms with Gasteiger partial charge in [-0.15, -0.1) is 0 Å². The van der Waals surface area contributed by atoms with Gasteiger partial charge in [-0.05, 0) is 49.2 Å². The van der Waals surface area contributed by atoms with Gasteiger partial charge in [0.1, 0.15) is 5.82 Å². The van der Waals surface area contributed by atoms with Crippen molar-refractivity contribution < 1.29 is 22.3 Å². The molecule has 1 heterocycles. The summed E-state index contributed by atoms with van der Waals surface area (Å²) in [5.41, 5.74) is 6.41. The standard InChI is InChI=1S/C23H22F4N2O/c1-3-4-15-5-7-16(8-6-15)9-10-17-11-12-19(24)18(13-17)22(2)14-20(23(25,26)27)30-21(28)29-22/h5-8,11-13,20H,3-4,14H2,1-2H3,(H2,28,29)/t20-,22-/m0/s1. The van der Waals surface area contributed by atoms with E-state index in [1.165, 1.54) is 30.7 Å². The molecule has 0 aliphatic carbocycles. The number of amidine groups is 1. The molecule has 0 unspecified atom stereocenters. The van der Waals surface area contributed by atoms with E-state index in [-0.39, 0.29) is 5.56 Å². The Labute approximate surface area is 173 Å². The van der Waals surface area contributed by atoms with E-state index < -0.39 is 36.1 Å². The van der Waals surface area contributed by atoms with Crippen LogP contribution in [0.1, 0.15) is 48.9 Å². The predicted octanol–water partition coefficient (Wildman–Crippen LogP) is 5.06. The zero-order valence-corrected chi connectivity index (χ0v) is 16.7. The minimum atomic E-state index is -4.64. The monoisotopic (exact) mass is 418 g/mol. The van der Waals surface area contributed by atoms with E-state index in [1.807, 2.05) is 24.3 Å². The van der Waals surface area contributed by atoms with Crippen LogP contribution in [0.3, 0.4) is 0 Å². The lowest BCUT2D eigenvalue weighted by Crippen LogP contribution is -2.46. The molecule has 30 heavy (non-hydrogen) atoms. The largest absolute Gasteiger partial charge is 0.452 e. The van der Waals surface area contributed by atoms with Crippen LogP contribution < -0.4 is 5.73 Å². The first kappa shape index (κ1) is 21.7. The maximum atomic E-state index is 14.5. The first-order chi connectivity index (χ1) is 14.1. The van der Waals surface area contributed by atoms with Gasteiger partial charge in [0.2, 0.25) is 0 Å². The molecule has 0 aromatic heterocycles. The molecule has 2 aromatic rings. The zero-order chi connectivity index (χ0) is 21.9. The molecule has 0 bridgehead atoms. The van der Waals surface area contributed by atoms with Crippen LogP contribution in [0, 0.1) is 17.7 Å². The van der Waals surface area contributed by atoms with Gasteiger partial charge in [-0.25, -0.2) is 9.38 Å². The summed E-state index contributed by atoms with van der Waals surface area (Å²) in [6.45, 7) is 3.51. The Bertz CT molecular complexity index is 1000. The summed E-state index contributed by atoms with van der Waals surface area (Å²) in [6, 6.07) is 11.3. The molecule has 0 saturated carbocycles. The average molecular weight is 418 g/mol. The van der Waals surface area contributed by atoms with E-state index in [2.05, 4.69) is 28.5 Å². The smallest absolute Gasteiger partial charge is 0.425 e. The summed E-state index contributed by atoms with van der Waals surface area (Å²) < 4.78 is 58.7. The van der Waals surface area contributed by atoms with Crippen LogP contribution in [0.15, 0.2) is 47.5 Å². The van der Waals surface area contributed by atoms with E-state index in [1.54, 1.807) is 0 Å². The maximum absolute atomic E-state index is 14.5. The van der Waals surface area contributed by atoms with Crippen LogP contribution >= 0.6 is 0 Å². The van der Waals surface area contributed by atoms with Gasteiger partial charge in [0.05, 0.1) is 5.54 Å². The van der Waals surface area contributed by atoms with Gasteiger partial charge in [-0.2, -0.15) is 13.2 Å². The maximum Gasteiger partial charge on any atom is 0.425 e. The number of rotatable bonds is 3. The van der Waals surface area contributed by atoms with E-state index >= 15 is 0 Å². The van der Waals surface area contributed by atoms with Crippen molar-refractivity contribution in [2.75, 3.05) is 0 Å². The van der Waals surface area contributed by atoms with Gasteiger partial charge < -0.3 is 10.5 Å². The highest BCUT2D eigenvalue weighted by Gasteiger charge is 2.50. The highest BCUT2D eigenvalue weighted by molar-refractivity contribution is 5.73. The molecule has 3 rings (SSSR count). The lowest BCUT2D eigenvalue weighted by molar-refractivity contribution is -0.208. The number of benzene rings is 2. The van der Waals surface area contributed by atoms with Crippen molar-refractivity contribution >= 4 is 6.02 Å². The van der Waals surface area contributed by atoms with Crippen LogP contribution in [0.5, 0.6) is 0 Å². The van der Waals surface area contributed by atoms with Crippen molar-refractivity contribution in [3.8, 4) is 11.8 Å². The van der Waals surface area contributed by atoms with Crippen molar-refractivity contribution in [1.82, 2.24) is 0 Å². The van der Waals surface area contributed by atoms with Crippen LogP contribution in [0.25, 0.3) is 0 Å². The molecule has 3 nitrogen and oxygen atoms in total. The number of aryl methyl sites for hydroxylation is 1. The van der Waals surface area contributed by atoms with Crippen molar-refractivity contribution in [2.45, 2.75) is 50.9 Å². The van der Waals surface area contributed by atoms with Gasteiger partial charge in [0.25, 0.3) is 6.02 Å². The molecule has 2 aromatic carbocycles. The summed E-state index contributed by atoms with van der Waals surface area (Å²) in [4.78, 5) is 3.98. The minimum Gasteiger partial charge on any atom is -0.452 e. The second-order valence-corrected chi connectivity index (χ2v) is 7.47.